The van der Waals surface area contributed by atoms with E-state index in [-0.39, 0.29) is 11.2 Å². The molecule has 0 N–H and O–H groups in total. The van der Waals surface area contributed by atoms with Crippen molar-refractivity contribution in [2.45, 2.75) is 53.9 Å². The molecule has 98 valence electrons. The topological polar surface area (TPSA) is 40.9 Å². The van der Waals surface area contributed by atoms with Crippen LogP contribution in [-0.4, -0.2) is 5.78 Å². The van der Waals surface area contributed by atoms with Gasteiger partial charge in [0.05, 0.1) is 5.57 Å². The normalized spacial score (nSPS) is 37.4. The fourth-order valence-corrected chi connectivity index (χ4v) is 4.43. The van der Waals surface area contributed by atoms with Crippen LogP contribution in [0.2, 0.25) is 0 Å². The molecule has 0 bridgehead atoms. The van der Waals surface area contributed by atoms with Gasteiger partial charge in [-0.05, 0) is 36.0 Å². The summed E-state index contributed by atoms with van der Waals surface area (Å²) in [4.78, 5) is 12.3. The summed E-state index contributed by atoms with van der Waals surface area (Å²) in [6.45, 7) is 10.8. The van der Waals surface area contributed by atoms with Gasteiger partial charge in [0.15, 0.2) is 5.78 Å². The molecule has 0 aliphatic heterocycles. The van der Waals surface area contributed by atoms with Gasteiger partial charge in [0, 0.05) is 5.41 Å². The van der Waals surface area contributed by atoms with Gasteiger partial charge >= 0.3 is 0 Å². The van der Waals surface area contributed by atoms with Crippen molar-refractivity contribution in [1.82, 2.24) is 0 Å². The Labute approximate surface area is 110 Å². The zero-order valence-electron chi connectivity index (χ0n) is 12.1. The molecule has 0 unspecified atom stereocenters. The number of rotatable bonds is 0. The van der Waals surface area contributed by atoms with Crippen LogP contribution >= 0.6 is 0 Å². The van der Waals surface area contributed by atoms with Crippen molar-refractivity contribution >= 4 is 5.78 Å². The van der Waals surface area contributed by atoms with Gasteiger partial charge in [-0.2, -0.15) is 5.26 Å². The second kappa shape index (κ2) is 3.70. The molecule has 0 amide bonds. The number of fused-ring (bicyclic) bond motifs is 1. The van der Waals surface area contributed by atoms with Crippen molar-refractivity contribution in [3.63, 3.8) is 0 Å². The first-order valence-corrected chi connectivity index (χ1v) is 6.80. The summed E-state index contributed by atoms with van der Waals surface area (Å²) in [5.74, 6) is 0.398. The van der Waals surface area contributed by atoms with Crippen molar-refractivity contribution in [2.24, 2.45) is 22.2 Å². The van der Waals surface area contributed by atoms with Crippen LogP contribution in [0, 0.1) is 33.5 Å². The minimum atomic E-state index is -0.398. The number of carbonyl (C=O) groups is 1. The molecule has 2 nitrogen and oxygen atoms in total. The summed E-state index contributed by atoms with van der Waals surface area (Å²) < 4.78 is 0. The number of Topliss-reactive ketones (excluding diaryl/α,β-unsaturated/α-hetero) is 1. The van der Waals surface area contributed by atoms with E-state index in [0.29, 0.717) is 16.9 Å². The Morgan fingerprint density at radius 1 is 1.28 bits per heavy atom. The first-order chi connectivity index (χ1) is 8.12. The largest absolute Gasteiger partial charge is 0.293 e. The van der Waals surface area contributed by atoms with Gasteiger partial charge in [-0.15, -0.1) is 0 Å². The number of hydrogen-bond acceptors (Lipinski definition) is 2. The van der Waals surface area contributed by atoms with Crippen LogP contribution in [0.25, 0.3) is 0 Å². The second-order valence-corrected chi connectivity index (χ2v) is 7.66. The minimum absolute atomic E-state index is 0.00970. The highest BCUT2D eigenvalue weighted by Crippen LogP contribution is 2.59. The molecule has 18 heavy (non-hydrogen) atoms. The molecule has 2 aliphatic carbocycles. The first kappa shape index (κ1) is 13.3. The van der Waals surface area contributed by atoms with Gasteiger partial charge in [-0.25, -0.2) is 0 Å². The van der Waals surface area contributed by atoms with Crippen molar-refractivity contribution in [3.8, 4) is 6.07 Å². The molecule has 0 spiro atoms. The molecule has 0 aromatic heterocycles. The van der Waals surface area contributed by atoms with Crippen LogP contribution in [0.5, 0.6) is 0 Å². The maximum Gasteiger partial charge on any atom is 0.178 e. The maximum atomic E-state index is 12.3. The number of nitriles is 1. The molecule has 0 heterocycles. The number of carbonyl (C=O) groups excluding carboxylic acids is 1. The SMILES string of the molecule is CC1(C)CC[C@H]2C(C)(C)C(=O)C(C#N)=C[C@]2(C)C1. The smallest absolute Gasteiger partial charge is 0.178 e. The van der Waals surface area contributed by atoms with Gasteiger partial charge in [0.1, 0.15) is 6.07 Å². The van der Waals surface area contributed by atoms with E-state index in [2.05, 4.69) is 26.8 Å². The van der Waals surface area contributed by atoms with Crippen LogP contribution in [0.3, 0.4) is 0 Å². The van der Waals surface area contributed by atoms with Gasteiger partial charge in [0.25, 0.3) is 0 Å². The van der Waals surface area contributed by atoms with E-state index in [9.17, 15) is 10.1 Å². The summed E-state index contributed by atoms with van der Waals surface area (Å²) in [5, 5.41) is 9.19. The number of ketones is 1. The van der Waals surface area contributed by atoms with Crippen LogP contribution < -0.4 is 0 Å². The Kier molecular flexibility index (Phi) is 2.74. The van der Waals surface area contributed by atoms with E-state index in [1.54, 1.807) is 0 Å². The number of hydrogen-bond donors (Lipinski definition) is 0. The third-order valence-electron chi connectivity index (χ3n) is 5.06. The molecule has 1 fully saturated rings. The van der Waals surface area contributed by atoms with E-state index in [1.807, 2.05) is 19.9 Å². The predicted molar refractivity (Wildman–Crippen MR) is 71.7 cm³/mol. The van der Waals surface area contributed by atoms with E-state index < -0.39 is 5.41 Å². The average Bonchev–Trinajstić information content (AvgIpc) is 2.21. The monoisotopic (exact) mass is 245 g/mol. The third kappa shape index (κ3) is 1.81. The molecule has 2 rings (SSSR count). The Balaban J connectivity index is 2.53. The van der Waals surface area contributed by atoms with Gasteiger partial charge in [-0.1, -0.05) is 40.7 Å². The van der Waals surface area contributed by atoms with Crippen LogP contribution in [0.4, 0.5) is 0 Å². The van der Waals surface area contributed by atoms with Gasteiger partial charge in [-0.3, -0.25) is 4.79 Å². The highest BCUT2D eigenvalue weighted by Gasteiger charge is 2.54. The van der Waals surface area contributed by atoms with Crippen LogP contribution in [-0.2, 0) is 4.79 Å². The van der Waals surface area contributed by atoms with Gasteiger partial charge < -0.3 is 0 Å². The summed E-state index contributed by atoms with van der Waals surface area (Å²) in [7, 11) is 0. The average molecular weight is 245 g/mol. The zero-order valence-corrected chi connectivity index (χ0v) is 12.1. The summed E-state index contributed by atoms with van der Waals surface area (Å²) in [6.07, 6.45) is 5.27. The molecule has 0 aromatic rings. The Bertz CT molecular complexity index is 464. The summed E-state index contributed by atoms with van der Waals surface area (Å²) in [6, 6.07) is 2.11. The van der Waals surface area contributed by atoms with Crippen molar-refractivity contribution in [3.05, 3.63) is 11.6 Å². The lowest BCUT2D eigenvalue weighted by molar-refractivity contribution is -0.132. The maximum absolute atomic E-state index is 12.3. The number of allylic oxidation sites excluding steroid dienone is 2. The molecular formula is C16H23NO. The molecule has 0 aromatic carbocycles. The lowest BCUT2D eigenvalue weighted by atomic mass is 9.49. The van der Waals surface area contributed by atoms with E-state index >= 15 is 0 Å². The lowest BCUT2D eigenvalue weighted by Gasteiger charge is -2.54. The molecule has 0 saturated heterocycles. The van der Waals surface area contributed by atoms with Crippen molar-refractivity contribution < 1.29 is 4.79 Å². The van der Waals surface area contributed by atoms with Crippen LogP contribution in [0.15, 0.2) is 11.6 Å². The quantitative estimate of drug-likeness (QED) is 0.650. The highest BCUT2D eigenvalue weighted by atomic mass is 16.1. The van der Waals surface area contributed by atoms with E-state index in [1.165, 1.54) is 6.42 Å². The fourth-order valence-electron chi connectivity index (χ4n) is 4.43. The zero-order chi connectivity index (χ0) is 13.8. The molecule has 2 heteroatoms. The Morgan fingerprint density at radius 2 is 1.89 bits per heavy atom. The van der Waals surface area contributed by atoms with Crippen molar-refractivity contribution in [1.29, 1.82) is 5.26 Å². The molecule has 2 aliphatic rings. The minimum Gasteiger partial charge on any atom is -0.293 e. The molecular weight excluding hydrogens is 222 g/mol. The summed E-state index contributed by atoms with van der Waals surface area (Å²) in [5.41, 5.74) is 0.269. The highest BCUT2D eigenvalue weighted by molar-refractivity contribution is 6.04. The standard InChI is InChI=1S/C16H23NO/c1-14(2)7-6-12-15(3,4)13(18)11(9-17)8-16(12,5)10-14/h8,12H,6-7,10H2,1-5H3/t12-,16+/m0/s1. The Hall–Kier alpha value is -1.10. The third-order valence-corrected chi connectivity index (χ3v) is 5.06. The van der Waals surface area contributed by atoms with Crippen molar-refractivity contribution in [2.75, 3.05) is 0 Å². The molecule has 2 atom stereocenters. The second-order valence-electron chi connectivity index (χ2n) is 7.66. The van der Waals surface area contributed by atoms with E-state index in [0.717, 1.165) is 12.8 Å². The van der Waals surface area contributed by atoms with Gasteiger partial charge in [0.2, 0.25) is 0 Å². The van der Waals surface area contributed by atoms with Crippen LogP contribution in [0.1, 0.15) is 53.9 Å². The Morgan fingerprint density at radius 3 is 2.44 bits per heavy atom. The fraction of sp³-hybridized carbons (Fsp3) is 0.750. The molecule has 0 radical (unpaired) electrons. The predicted octanol–water partition coefficient (Wildman–Crippen LogP) is 3.88. The van der Waals surface area contributed by atoms with E-state index in [4.69, 9.17) is 0 Å². The first-order valence-electron chi connectivity index (χ1n) is 6.80. The molecule has 1 saturated carbocycles. The lowest BCUT2D eigenvalue weighted by Crippen LogP contribution is -2.50. The summed E-state index contributed by atoms with van der Waals surface area (Å²) >= 11 is 0. The number of nitrogens with zero attached hydrogens (tertiary/aromatic N) is 1.